The van der Waals surface area contributed by atoms with Gasteiger partial charge in [-0.05, 0) is 22.9 Å². The molecule has 0 unspecified atom stereocenters. The van der Waals surface area contributed by atoms with Gasteiger partial charge in [0, 0.05) is 45.1 Å². The zero-order chi connectivity index (χ0) is 14.0. The maximum Gasteiger partial charge on any atom is 0.275 e. The first-order valence-electron chi connectivity index (χ1n) is 5.97. The van der Waals surface area contributed by atoms with Crippen molar-refractivity contribution in [1.29, 1.82) is 0 Å². The number of hydrogen-bond acceptors (Lipinski definition) is 3. The van der Waals surface area contributed by atoms with E-state index in [1.54, 1.807) is 27.5 Å². The van der Waals surface area contributed by atoms with Crippen LogP contribution in [-0.2, 0) is 20.1 Å². The number of amides is 1. The van der Waals surface area contributed by atoms with Gasteiger partial charge in [-0.2, -0.15) is 10.2 Å². The number of halogens is 1. The first-order valence-corrected chi connectivity index (χ1v) is 6.76. The molecule has 0 aliphatic heterocycles. The molecule has 7 heteroatoms. The van der Waals surface area contributed by atoms with Crippen LogP contribution in [0.1, 0.15) is 23.0 Å². The van der Waals surface area contributed by atoms with E-state index in [9.17, 15) is 4.79 Å². The molecule has 0 spiro atoms. The molecule has 0 aromatic carbocycles. The minimum absolute atomic E-state index is 0.108. The molecule has 2 aromatic rings. The average molecular weight is 326 g/mol. The van der Waals surface area contributed by atoms with E-state index >= 15 is 0 Å². The number of nitrogens with zero attached hydrogens (tertiary/aromatic N) is 5. The molecule has 2 aromatic heterocycles. The largest absolute Gasteiger partial charge is 0.336 e. The maximum absolute atomic E-state index is 12.3. The number of hydrogen-bond donors (Lipinski definition) is 0. The molecule has 102 valence electrons. The Morgan fingerprint density at radius 3 is 2.74 bits per heavy atom. The third kappa shape index (κ3) is 3.04. The Balaban J connectivity index is 2.12. The number of carbonyl (C=O) groups excluding carboxylic acids is 1. The molecule has 2 rings (SSSR count). The van der Waals surface area contributed by atoms with E-state index in [1.165, 1.54) is 0 Å². The summed E-state index contributed by atoms with van der Waals surface area (Å²) in [4.78, 5) is 13.9. The number of carbonyl (C=O) groups is 1. The maximum atomic E-state index is 12.3. The van der Waals surface area contributed by atoms with Crippen LogP contribution in [0.4, 0.5) is 0 Å². The highest BCUT2D eigenvalue weighted by molar-refractivity contribution is 9.10. The lowest BCUT2D eigenvalue weighted by atomic mass is 10.3. The second kappa shape index (κ2) is 5.56. The molecule has 0 fully saturated rings. The van der Waals surface area contributed by atoms with Crippen molar-refractivity contribution < 1.29 is 4.79 Å². The van der Waals surface area contributed by atoms with Gasteiger partial charge in [-0.25, -0.2) is 0 Å². The van der Waals surface area contributed by atoms with Crippen LogP contribution >= 0.6 is 15.9 Å². The van der Waals surface area contributed by atoms with Gasteiger partial charge in [-0.15, -0.1) is 0 Å². The Kier molecular flexibility index (Phi) is 4.04. The highest BCUT2D eigenvalue weighted by Crippen LogP contribution is 2.17. The summed E-state index contributed by atoms with van der Waals surface area (Å²) >= 11 is 3.37. The van der Waals surface area contributed by atoms with Crippen molar-refractivity contribution in [3.63, 3.8) is 0 Å². The van der Waals surface area contributed by atoms with E-state index in [2.05, 4.69) is 26.1 Å². The van der Waals surface area contributed by atoms with Crippen LogP contribution in [0.3, 0.4) is 0 Å². The predicted octanol–water partition coefficient (Wildman–Crippen LogP) is 1.67. The van der Waals surface area contributed by atoms with Gasteiger partial charge < -0.3 is 4.90 Å². The van der Waals surface area contributed by atoms with Crippen LogP contribution in [0.15, 0.2) is 23.1 Å². The fourth-order valence-corrected chi connectivity index (χ4v) is 2.27. The van der Waals surface area contributed by atoms with Gasteiger partial charge in [-0.3, -0.25) is 14.2 Å². The fraction of sp³-hybridized carbons (Fsp3) is 0.417. The molecular formula is C12H16BrN5O. The van der Waals surface area contributed by atoms with Crippen molar-refractivity contribution in [2.24, 2.45) is 7.05 Å². The Morgan fingerprint density at radius 2 is 2.21 bits per heavy atom. The molecule has 0 saturated heterocycles. The number of aromatic nitrogens is 4. The van der Waals surface area contributed by atoms with E-state index in [0.29, 0.717) is 12.2 Å². The summed E-state index contributed by atoms with van der Waals surface area (Å²) in [5.41, 5.74) is 1.43. The molecule has 0 aliphatic rings. The van der Waals surface area contributed by atoms with Crippen molar-refractivity contribution in [3.8, 4) is 0 Å². The first-order chi connectivity index (χ1) is 9.01. The summed E-state index contributed by atoms with van der Waals surface area (Å²) in [6.45, 7) is 3.23. The SMILES string of the molecule is CCn1cc(Br)c(C(=O)N(C)Cc2cnn(C)c2)n1. The Hall–Kier alpha value is -1.63. The highest BCUT2D eigenvalue weighted by atomic mass is 79.9. The number of rotatable bonds is 4. The van der Waals surface area contributed by atoms with Gasteiger partial charge in [-0.1, -0.05) is 0 Å². The van der Waals surface area contributed by atoms with Crippen LogP contribution < -0.4 is 0 Å². The minimum atomic E-state index is -0.108. The molecular weight excluding hydrogens is 310 g/mol. The summed E-state index contributed by atoms with van der Waals surface area (Å²) in [5, 5.41) is 8.34. The van der Waals surface area contributed by atoms with Crippen molar-refractivity contribution >= 4 is 21.8 Å². The minimum Gasteiger partial charge on any atom is -0.336 e. The van der Waals surface area contributed by atoms with Crippen LogP contribution in [0.5, 0.6) is 0 Å². The standard InChI is InChI=1S/C12H16BrN5O/c1-4-18-8-10(13)11(15-18)12(19)16(2)6-9-5-14-17(3)7-9/h5,7-8H,4,6H2,1-3H3. The summed E-state index contributed by atoms with van der Waals surface area (Å²) in [6.07, 6.45) is 5.46. The summed E-state index contributed by atoms with van der Waals surface area (Å²) < 4.78 is 4.17. The van der Waals surface area contributed by atoms with Gasteiger partial charge >= 0.3 is 0 Å². The molecule has 0 radical (unpaired) electrons. The Labute approximate surface area is 120 Å². The lowest BCUT2D eigenvalue weighted by Gasteiger charge is -2.14. The highest BCUT2D eigenvalue weighted by Gasteiger charge is 2.19. The Bertz CT molecular complexity index is 589. The fourth-order valence-electron chi connectivity index (χ4n) is 1.78. The zero-order valence-electron chi connectivity index (χ0n) is 11.2. The van der Waals surface area contributed by atoms with E-state index in [0.717, 1.165) is 16.6 Å². The summed E-state index contributed by atoms with van der Waals surface area (Å²) in [5.74, 6) is -0.108. The lowest BCUT2D eigenvalue weighted by Crippen LogP contribution is -2.26. The Morgan fingerprint density at radius 1 is 1.47 bits per heavy atom. The van der Waals surface area contributed by atoms with Gasteiger partial charge in [0.05, 0.1) is 10.7 Å². The van der Waals surface area contributed by atoms with Crippen molar-refractivity contribution in [1.82, 2.24) is 24.5 Å². The summed E-state index contributed by atoms with van der Waals surface area (Å²) in [6, 6.07) is 0. The molecule has 0 saturated carbocycles. The molecule has 2 heterocycles. The zero-order valence-corrected chi connectivity index (χ0v) is 12.8. The second-order valence-corrected chi connectivity index (χ2v) is 5.22. The monoisotopic (exact) mass is 325 g/mol. The molecule has 0 aliphatic carbocycles. The normalized spacial score (nSPS) is 10.7. The van der Waals surface area contributed by atoms with Crippen LogP contribution in [-0.4, -0.2) is 37.4 Å². The topological polar surface area (TPSA) is 56.0 Å². The molecule has 19 heavy (non-hydrogen) atoms. The molecule has 0 bridgehead atoms. The van der Waals surface area contributed by atoms with Gasteiger partial charge in [0.25, 0.3) is 5.91 Å². The van der Waals surface area contributed by atoms with E-state index < -0.39 is 0 Å². The molecule has 0 N–H and O–H groups in total. The van der Waals surface area contributed by atoms with Crippen LogP contribution in [0, 0.1) is 0 Å². The third-order valence-electron chi connectivity index (χ3n) is 2.77. The van der Waals surface area contributed by atoms with E-state index in [1.807, 2.05) is 26.4 Å². The lowest BCUT2D eigenvalue weighted by molar-refractivity contribution is 0.0777. The summed E-state index contributed by atoms with van der Waals surface area (Å²) in [7, 11) is 3.61. The third-order valence-corrected chi connectivity index (χ3v) is 3.35. The van der Waals surface area contributed by atoms with Crippen molar-refractivity contribution in [2.75, 3.05) is 7.05 Å². The van der Waals surface area contributed by atoms with Gasteiger partial charge in [0.15, 0.2) is 5.69 Å². The first kappa shape index (κ1) is 13.8. The van der Waals surface area contributed by atoms with Crippen LogP contribution in [0.2, 0.25) is 0 Å². The van der Waals surface area contributed by atoms with Gasteiger partial charge in [0.1, 0.15) is 0 Å². The van der Waals surface area contributed by atoms with Gasteiger partial charge in [0.2, 0.25) is 0 Å². The smallest absolute Gasteiger partial charge is 0.275 e. The van der Waals surface area contributed by atoms with E-state index in [-0.39, 0.29) is 5.91 Å². The number of aryl methyl sites for hydroxylation is 2. The molecule has 1 amide bonds. The average Bonchev–Trinajstić information content (AvgIpc) is 2.94. The van der Waals surface area contributed by atoms with E-state index in [4.69, 9.17) is 0 Å². The molecule has 6 nitrogen and oxygen atoms in total. The predicted molar refractivity (Wildman–Crippen MR) is 74.6 cm³/mol. The quantitative estimate of drug-likeness (QED) is 0.859. The van der Waals surface area contributed by atoms with Crippen molar-refractivity contribution in [2.45, 2.75) is 20.0 Å². The second-order valence-electron chi connectivity index (χ2n) is 4.36. The van der Waals surface area contributed by atoms with Crippen molar-refractivity contribution in [3.05, 3.63) is 34.3 Å². The molecule has 0 atom stereocenters. The van der Waals surface area contributed by atoms with Crippen LogP contribution in [0.25, 0.3) is 0 Å².